The highest BCUT2D eigenvalue weighted by atomic mass is 127. The minimum atomic E-state index is -1.09. The van der Waals surface area contributed by atoms with E-state index in [4.69, 9.17) is 21.1 Å². The molecule has 1 aromatic heterocycles. The second-order valence-electron chi connectivity index (χ2n) is 3.09. The fraction of sp³-hybridized carbons (Fsp3) is 0. The van der Waals surface area contributed by atoms with Crippen molar-refractivity contribution in [3.63, 3.8) is 0 Å². The molecule has 0 unspecified atom stereocenters. The van der Waals surface area contributed by atoms with Crippen LogP contribution in [0, 0.1) is 3.57 Å². The number of carbonyl (C=O) groups is 1. The Bertz CT molecular complexity index is 548. The Balaban J connectivity index is 2.46. The van der Waals surface area contributed by atoms with Crippen molar-refractivity contribution in [3.8, 4) is 11.3 Å². The summed E-state index contributed by atoms with van der Waals surface area (Å²) >= 11 is 8.19. The predicted molar refractivity (Wildman–Crippen MR) is 68.8 cm³/mol. The maximum absolute atomic E-state index is 10.7. The minimum absolute atomic E-state index is 0.0929. The summed E-state index contributed by atoms with van der Waals surface area (Å²) in [6, 6.07) is 8.48. The summed E-state index contributed by atoms with van der Waals surface area (Å²) in [6.07, 6.45) is 0. The maximum Gasteiger partial charge on any atom is 0.371 e. The van der Waals surface area contributed by atoms with Crippen molar-refractivity contribution < 1.29 is 14.3 Å². The van der Waals surface area contributed by atoms with Crippen molar-refractivity contribution in [3.05, 3.63) is 44.7 Å². The molecule has 0 saturated heterocycles. The van der Waals surface area contributed by atoms with Gasteiger partial charge in [-0.2, -0.15) is 0 Å². The van der Waals surface area contributed by atoms with Crippen LogP contribution in [0.1, 0.15) is 10.6 Å². The van der Waals surface area contributed by atoms with Gasteiger partial charge in [0.2, 0.25) is 5.76 Å². The molecule has 0 fully saturated rings. The molecule has 2 aromatic rings. The number of rotatable bonds is 2. The lowest BCUT2D eigenvalue weighted by atomic mass is 10.2. The van der Waals surface area contributed by atoms with Gasteiger partial charge in [-0.3, -0.25) is 0 Å². The zero-order chi connectivity index (χ0) is 11.7. The highest BCUT2D eigenvalue weighted by molar-refractivity contribution is 14.1. The first-order valence-electron chi connectivity index (χ1n) is 4.36. The lowest BCUT2D eigenvalue weighted by Crippen LogP contribution is -1.91. The topological polar surface area (TPSA) is 50.4 Å². The van der Waals surface area contributed by atoms with Crippen molar-refractivity contribution in [2.24, 2.45) is 0 Å². The van der Waals surface area contributed by atoms with E-state index < -0.39 is 5.97 Å². The first-order chi connectivity index (χ1) is 7.58. The van der Waals surface area contributed by atoms with Gasteiger partial charge in [-0.05, 0) is 52.9 Å². The quantitative estimate of drug-likeness (QED) is 0.837. The first kappa shape index (κ1) is 11.5. The Hall–Kier alpha value is -1.01. The number of hydrogen-bond acceptors (Lipinski definition) is 2. The third-order valence-corrected chi connectivity index (χ3v) is 3.00. The molecule has 0 aliphatic carbocycles. The van der Waals surface area contributed by atoms with Gasteiger partial charge < -0.3 is 9.52 Å². The molecule has 2 rings (SSSR count). The van der Waals surface area contributed by atoms with E-state index in [1.165, 1.54) is 6.07 Å². The van der Waals surface area contributed by atoms with Crippen LogP contribution < -0.4 is 0 Å². The van der Waals surface area contributed by atoms with Crippen molar-refractivity contribution in [1.82, 2.24) is 0 Å². The number of hydrogen-bond donors (Lipinski definition) is 1. The largest absolute Gasteiger partial charge is 0.475 e. The van der Waals surface area contributed by atoms with Crippen molar-refractivity contribution in [1.29, 1.82) is 0 Å². The second kappa shape index (κ2) is 4.47. The van der Waals surface area contributed by atoms with E-state index in [9.17, 15) is 4.79 Å². The van der Waals surface area contributed by atoms with Crippen LogP contribution in [-0.4, -0.2) is 11.1 Å². The molecule has 0 saturated carbocycles. The average Bonchev–Trinajstić information content (AvgIpc) is 2.66. The summed E-state index contributed by atoms with van der Waals surface area (Å²) in [5, 5.41) is 9.27. The Morgan fingerprint density at radius 1 is 1.31 bits per heavy atom. The van der Waals surface area contributed by atoms with E-state index in [2.05, 4.69) is 22.6 Å². The average molecular weight is 349 g/mol. The molecular formula is C11H6ClIO3. The maximum atomic E-state index is 10.7. The van der Waals surface area contributed by atoms with Gasteiger partial charge in [0.1, 0.15) is 5.76 Å². The summed E-state index contributed by atoms with van der Waals surface area (Å²) in [5.74, 6) is -0.726. The molecule has 0 spiro atoms. The van der Waals surface area contributed by atoms with Gasteiger partial charge in [0, 0.05) is 9.13 Å². The summed E-state index contributed by atoms with van der Waals surface area (Å²) < 4.78 is 6.18. The molecular weight excluding hydrogens is 342 g/mol. The number of carboxylic acid groups (broad SMARTS) is 1. The zero-order valence-corrected chi connectivity index (χ0v) is 10.8. The van der Waals surface area contributed by atoms with Gasteiger partial charge in [-0.15, -0.1) is 0 Å². The number of furan rings is 1. The normalized spacial score (nSPS) is 10.4. The number of halogens is 2. The molecule has 1 N–H and O–H groups in total. The third-order valence-electron chi connectivity index (χ3n) is 2.01. The van der Waals surface area contributed by atoms with Crippen LogP contribution in [-0.2, 0) is 0 Å². The van der Waals surface area contributed by atoms with Crippen LogP contribution in [0.2, 0.25) is 5.02 Å². The van der Waals surface area contributed by atoms with Gasteiger partial charge >= 0.3 is 5.97 Å². The molecule has 0 atom stereocenters. The Kier molecular flexibility index (Phi) is 3.20. The fourth-order valence-electron chi connectivity index (χ4n) is 1.29. The standard InChI is InChI=1S/C11H6ClIO3/c12-8-5-6(13)1-2-7(8)9-3-4-10(16-9)11(14)15/h1-5H,(H,14,15). The molecule has 0 bridgehead atoms. The highest BCUT2D eigenvalue weighted by Crippen LogP contribution is 2.30. The van der Waals surface area contributed by atoms with E-state index in [-0.39, 0.29) is 5.76 Å². The smallest absolute Gasteiger partial charge is 0.371 e. The summed E-state index contributed by atoms with van der Waals surface area (Å²) in [5.41, 5.74) is 0.689. The third kappa shape index (κ3) is 2.22. The lowest BCUT2D eigenvalue weighted by Gasteiger charge is -2.00. The molecule has 0 aliphatic heterocycles. The predicted octanol–water partition coefficient (Wildman–Crippen LogP) is 3.90. The number of carboxylic acids is 1. The molecule has 0 radical (unpaired) electrons. The summed E-state index contributed by atoms with van der Waals surface area (Å²) in [4.78, 5) is 10.7. The Morgan fingerprint density at radius 3 is 2.62 bits per heavy atom. The van der Waals surface area contributed by atoms with E-state index in [0.29, 0.717) is 16.3 Å². The van der Waals surface area contributed by atoms with Gasteiger partial charge in [0.15, 0.2) is 0 Å². The Morgan fingerprint density at radius 2 is 2.06 bits per heavy atom. The SMILES string of the molecule is O=C(O)c1ccc(-c2ccc(I)cc2Cl)o1. The minimum Gasteiger partial charge on any atom is -0.475 e. The van der Waals surface area contributed by atoms with Gasteiger partial charge in [0.05, 0.1) is 5.02 Å². The van der Waals surface area contributed by atoms with Crippen LogP contribution in [0.3, 0.4) is 0 Å². The molecule has 5 heteroatoms. The van der Waals surface area contributed by atoms with Crippen LogP contribution >= 0.6 is 34.2 Å². The molecule has 0 aliphatic rings. The second-order valence-corrected chi connectivity index (χ2v) is 4.75. The lowest BCUT2D eigenvalue weighted by molar-refractivity contribution is 0.0663. The fourth-order valence-corrected chi connectivity index (χ4v) is 2.24. The monoisotopic (exact) mass is 348 g/mol. The zero-order valence-electron chi connectivity index (χ0n) is 7.91. The van der Waals surface area contributed by atoms with E-state index in [1.807, 2.05) is 6.07 Å². The Labute approximate surface area is 110 Å². The van der Waals surface area contributed by atoms with Crippen LogP contribution in [0.25, 0.3) is 11.3 Å². The highest BCUT2D eigenvalue weighted by Gasteiger charge is 2.12. The van der Waals surface area contributed by atoms with E-state index in [0.717, 1.165) is 3.57 Å². The summed E-state index contributed by atoms with van der Waals surface area (Å²) in [7, 11) is 0. The van der Waals surface area contributed by atoms with Crippen LogP contribution in [0.4, 0.5) is 0 Å². The molecule has 16 heavy (non-hydrogen) atoms. The van der Waals surface area contributed by atoms with Gasteiger partial charge in [-0.25, -0.2) is 4.79 Å². The number of benzene rings is 1. The molecule has 1 heterocycles. The molecule has 1 aromatic carbocycles. The molecule has 0 amide bonds. The van der Waals surface area contributed by atoms with Crippen LogP contribution in [0.5, 0.6) is 0 Å². The summed E-state index contributed by atoms with van der Waals surface area (Å²) in [6.45, 7) is 0. The molecule has 82 valence electrons. The number of aromatic carboxylic acids is 1. The van der Waals surface area contributed by atoms with E-state index in [1.54, 1.807) is 18.2 Å². The van der Waals surface area contributed by atoms with Crippen molar-refractivity contribution in [2.75, 3.05) is 0 Å². The first-order valence-corrected chi connectivity index (χ1v) is 5.82. The van der Waals surface area contributed by atoms with Gasteiger partial charge in [-0.1, -0.05) is 11.6 Å². The van der Waals surface area contributed by atoms with E-state index >= 15 is 0 Å². The van der Waals surface area contributed by atoms with Crippen LogP contribution in [0.15, 0.2) is 34.7 Å². The van der Waals surface area contributed by atoms with Gasteiger partial charge in [0.25, 0.3) is 0 Å². The molecule has 3 nitrogen and oxygen atoms in total. The van der Waals surface area contributed by atoms with Crippen molar-refractivity contribution in [2.45, 2.75) is 0 Å². The van der Waals surface area contributed by atoms with Crippen molar-refractivity contribution >= 4 is 40.2 Å².